The summed E-state index contributed by atoms with van der Waals surface area (Å²) in [5.41, 5.74) is 8.20. The normalized spacial score (nSPS) is 14.1. The smallest absolute Gasteiger partial charge is 0.307 e. The van der Waals surface area contributed by atoms with Gasteiger partial charge in [0.15, 0.2) is 0 Å². The maximum atomic E-state index is 11.7. The fraction of sp³-hybridized carbons (Fsp3) is 0.594. The van der Waals surface area contributed by atoms with Gasteiger partial charge in [0.25, 0.3) is 0 Å². The van der Waals surface area contributed by atoms with Crippen LogP contribution in [-0.2, 0) is 4.79 Å². The Hall–Kier alpha value is -2.09. The van der Waals surface area contributed by atoms with Crippen molar-refractivity contribution < 1.29 is 9.90 Å². The number of hydrogen-bond acceptors (Lipinski definition) is 1. The summed E-state index contributed by atoms with van der Waals surface area (Å²) in [7, 11) is 0. The molecule has 0 unspecified atom stereocenters. The number of allylic oxidation sites excluding steroid dienone is 12. The van der Waals surface area contributed by atoms with Gasteiger partial charge in [-0.3, -0.25) is 4.79 Å². The molecule has 0 amide bonds. The highest BCUT2D eigenvalue weighted by molar-refractivity contribution is 5.70. The molecule has 192 valence electrons. The maximum absolute atomic E-state index is 11.7. The van der Waals surface area contributed by atoms with E-state index in [-0.39, 0.29) is 5.92 Å². The van der Waals surface area contributed by atoms with E-state index in [0.717, 1.165) is 51.4 Å². The van der Waals surface area contributed by atoms with Crippen molar-refractivity contribution in [3.63, 3.8) is 0 Å². The zero-order valence-electron chi connectivity index (χ0n) is 23.5. The molecule has 0 aliphatic carbocycles. The van der Waals surface area contributed by atoms with E-state index in [1.165, 1.54) is 33.4 Å². The minimum Gasteiger partial charge on any atom is -0.481 e. The van der Waals surface area contributed by atoms with Crippen LogP contribution in [0.15, 0.2) is 69.9 Å². The number of carboxylic acid groups (broad SMARTS) is 1. The fourth-order valence-corrected chi connectivity index (χ4v) is 3.66. The molecule has 0 radical (unpaired) electrons. The lowest BCUT2D eigenvalue weighted by Gasteiger charge is -2.09. The van der Waals surface area contributed by atoms with E-state index in [1.807, 2.05) is 0 Å². The molecule has 0 aliphatic heterocycles. The van der Waals surface area contributed by atoms with Crippen LogP contribution < -0.4 is 0 Å². The van der Waals surface area contributed by atoms with E-state index in [1.54, 1.807) is 0 Å². The highest BCUT2D eigenvalue weighted by Crippen LogP contribution is 2.18. The topological polar surface area (TPSA) is 37.3 Å². The molecular formula is C32H52O2. The molecular weight excluding hydrogens is 416 g/mol. The van der Waals surface area contributed by atoms with Gasteiger partial charge in [0, 0.05) is 0 Å². The van der Waals surface area contributed by atoms with E-state index in [9.17, 15) is 9.90 Å². The van der Waals surface area contributed by atoms with Gasteiger partial charge in [-0.15, -0.1) is 0 Å². The molecule has 0 bridgehead atoms. The fourth-order valence-electron chi connectivity index (χ4n) is 3.66. The third-order valence-electron chi connectivity index (χ3n) is 6.10. The molecule has 0 heterocycles. The lowest BCUT2D eigenvalue weighted by Crippen LogP contribution is -2.12. The van der Waals surface area contributed by atoms with Crippen molar-refractivity contribution >= 4 is 5.97 Å². The van der Waals surface area contributed by atoms with Crippen molar-refractivity contribution in [2.45, 2.75) is 120 Å². The molecule has 1 N–H and O–H groups in total. The lowest BCUT2D eigenvalue weighted by atomic mass is 9.96. The molecule has 2 heteroatoms. The second-order valence-electron chi connectivity index (χ2n) is 10.4. The Morgan fingerprint density at radius 2 is 0.824 bits per heavy atom. The standard InChI is InChI=1S/C32H52O2/c1-25(2)13-9-15-27(5)17-11-19-29(7)21-23-31(32(33)34)24-22-30(8)20-12-18-28(6)16-10-14-26(3)4/h13-14,17-18,21-22,31H,9-12,15-16,19-20,23-24H2,1-8H3,(H,33,34). The first-order valence-electron chi connectivity index (χ1n) is 13.1. The minimum absolute atomic E-state index is 0.340. The molecule has 0 atom stereocenters. The highest BCUT2D eigenvalue weighted by atomic mass is 16.4. The summed E-state index contributed by atoms with van der Waals surface area (Å²) in [6.07, 6.45) is 23.2. The van der Waals surface area contributed by atoms with E-state index < -0.39 is 5.97 Å². The molecule has 0 saturated carbocycles. The number of hydrogen-bond donors (Lipinski definition) is 1. The van der Waals surface area contributed by atoms with E-state index >= 15 is 0 Å². The molecule has 0 aliphatic rings. The molecule has 0 fully saturated rings. The van der Waals surface area contributed by atoms with Crippen molar-refractivity contribution in [3.05, 3.63) is 69.9 Å². The van der Waals surface area contributed by atoms with Gasteiger partial charge in [0.05, 0.1) is 5.92 Å². The van der Waals surface area contributed by atoms with Crippen LogP contribution in [0.3, 0.4) is 0 Å². The average molecular weight is 469 g/mol. The van der Waals surface area contributed by atoms with Crippen LogP contribution in [0, 0.1) is 5.92 Å². The van der Waals surface area contributed by atoms with E-state index in [4.69, 9.17) is 0 Å². The van der Waals surface area contributed by atoms with Crippen molar-refractivity contribution in [2.24, 2.45) is 5.92 Å². The zero-order chi connectivity index (χ0) is 25.9. The quantitative estimate of drug-likeness (QED) is 0.215. The van der Waals surface area contributed by atoms with Crippen LogP contribution in [0.1, 0.15) is 120 Å². The van der Waals surface area contributed by atoms with Crippen LogP contribution in [0.25, 0.3) is 0 Å². The number of carboxylic acids is 1. The first-order chi connectivity index (χ1) is 16.0. The van der Waals surface area contributed by atoms with Crippen molar-refractivity contribution in [1.82, 2.24) is 0 Å². The largest absolute Gasteiger partial charge is 0.481 e. The summed E-state index contributed by atoms with van der Waals surface area (Å²) in [6, 6.07) is 0. The van der Waals surface area contributed by atoms with Gasteiger partial charge in [-0.05, 0) is 120 Å². The van der Waals surface area contributed by atoms with Crippen LogP contribution in [0.5, 0.6) is 0 Å². The molecule has 0 spiro atoms. The molecule has 0 aromatic heterocycles. The Morgan fingerprint density at radius 3 is 1.12 bits per heavy atom. The highest BCUT2D eigenvalue weighted by Gasteiger charge is 2.14. The summed E-state index contributed by atoms with van der Waals surface area (Å²) >= 11 is 0. The van der Waals surface area contributed by atoms with Crippen molar-refractivity contribution in [2.75, 3.05) is 0 Å². The predicted molar refractivity (Wildman–Crippen MR) is 151 cm³/mol. The summed E-state index contributed by atoms with van der Waals surface area (Å²) in [4.78, 5) is 11.7. The third kappa shape index (κ3) is 19.4. The summed E-state index contributed by atoms with van der Waals surface area (Å²) in [6.45, 7) is 17.2. The maximum Gasteiger partial charge on any atom is 0.307 e. The van der Waals surface area contributed by atoms with Crippen LogP contribution in [-0.4, -0.2) is 11.1 Å². The van der Waals surface area contributed by atoms with Crippen LogP contribution >= 0.6 is 0 Å². The second-order valence-corrected chi connectivity index (χ2v) is 10.4. The van der Waals surface area contributed by atoms with E-state index in [0.29, 0.717) is 12.8 Å². The summed E-state index contributed by atoms with van der Waals surface area (Å²) in [5.74, 6) is -1.04. The van der Waals surface area contributed by atoms with Gasteiger partial charge in [-0.2, -0.15) is 0 Å². The van der Waals surface area contributed by atoms with Crippen LogP contribution in [0.4, 0.5) is 0 Å². The monoisotopic (exact) mass is 468 g/mol. The first kappa shape index (κ1) is 31.9. The van der Waals surface area contributed by atoms with E-state index in [2.05, 4.69) is 91.8 Å². The van der Waals surface area contributed by atoms with Crippen molar-refractivity contribution in [3.8, 4) is 0 Å². The Labute approximate surface area is 211 Å². The molecule has 34 heavy (non-hydrogen) atoms. The van der Waals surface area contributed by atoms with Gasteiger partial charge < -0.3 is 5.11 Å². The van der Waals surface area contributed by atoms with Gasteiger partial charge in [0.1, 0.15) is 0 Å². The number of rotatable bonds is 17. The average Bonchev–Trinajstić information content (AvgIpc) is 2.72. The number of carbonyl (C=O) groups is 1. The molecule has 2 nitrogen and oxygen atoms in total. The van der Waals surface area contributed by atoms with Gasteiger partial charge >= 0.3 is 5.97 Å². The Balaban J connectivity index is 4.51. The lowest BCUT2D eigenvalue weighted by molar-refractivity contribution is -0.141. The SMILES string of the molecule is CC(C)=CCCC(C)=CCCC(C)=CCC(CC=C(C)CCC=C(C)CCC=C(C)C)C(=O)O. The summed E-state index contributed by atoms with van der Waals surface area (Å²) < 4.78 is 0. The second kappa shape index (κ2) is 19.2. The molecule has 0 rings (SSSR count). The predicted octanol–water partition coefficient (Wildman–Crippen LogP) is 10.3. The first-order valence-corrected chi connectivity index (χ1v) is 13.1. The Morgan fingerprint density at radius 1 is 0.529 bits per heavy atom. The molecule has 0 aromatic rings. The summed E-state index contributed by atoms with van der Waals surface area (Å²) in [5, 5.41) is 9.65. The number of aliphatic carboxylic acids is 1. The molecule has 0 aromatic carbocycles. The Kier molecular flexibility index (Phi) is 18.1. The Bertz CT molecular complexity index is 716. The minimum atomic E-state index is -0.696. The van der Waals surface area contributed by atoms with Gasteiger partial charge in [-0.25, -0.2) is 0 Å². The zero-order valence-corrected chi connectivity index (χ0v) is 23.5. The van der Waals surface area contributed by atoms with Gasteiger partial charge in [0.2, 0.25) is 0 Å². The third-order valence-corrected chi connectivity index (χ3v) is 6.10. The van der Waals surface area contributed by atoms with Crippen LogP contribution in [0.2, 0.25) is 0 Å². The van der Waals surface area contributed by atoms with Crippen molar-refractivity contribution in [1.29, 1.82) is 0 Å². The molecule has 0 saturated heterocycles. The van der Waals surface area contributed by atoms with Gasteiger partial charge in [-0.1, -0.05) is 69.9 Å².